The van der Waals surface area contributed by atoms with Gasteiger partial charge in [0, 0.05) is 25.7 Å². The molecule has 0 unspecified atom stereocenters. The molecular weight excluding hydrogens is 370 g/mol. The third-order valence-electron chi connectivity index (χ3n) is 5.46. The Bertz CT molecular complexity index is 785. The number of likely N-dealkylation sites (tertiary alicyclic amines) is 1. The van der Waals surface area contributed by atoms with Crippen LogP contribution in [0.5, 0.6) is 0 Å². The summed E-state index contributed by atoms with van der Waals surface area (Å²) >= 11 is 0. The Balaban J connectivity index is 0.000000941. The van der Waals surface area contributed by atoms with Crippen LogP contribution in [0.4, 0.5) is 4.79 Å². The monoisotopic (exact) mass is 401 g/mol. The summed E-state index contributed by atoms with van der Waals surface area (Å²) in [4.78, 5) is 25.1. The minimum absolute atomic E-state index is 0.00805. The molecule has 1 aliphatic rings. The van der Waals surface area contributed by atoms with Crippen LogP contribution in [0.25, 0.3) is 10.8 Å². The maximum atomic E-state index is 12.7. The molecule has 2 aromatic rings. The molecule has 1 saturated heterocycles. The summed E-state index contributed by atoms with van der Waals surface area (Å²) in [5.74, 6) is 0. The second kappa shape index (κ2) is 11.4. The summed E-state index contributed by atoms with van der Waals surface area (Å²) in [6, 6.07) is 14.9. The summed E-state index contributed by atoms with van der Waals surface area (Å²) in [6.07, 6.45) is 1.90. The van der Waals surface area contributed by atoms with E-state index in [-0.39, 0.29) is 25.2 Å². The summed E-state index contributed by atoms with van der Waals surface area (Å²) in [5.41, 5.74) is 1.15. The third kappa shape index (κ3) is 6.17. The Hall–Kier alpha value is -2.64. The van der Waals surface area contributed by atoms with Crippen LogP contribution in [-0.4, -0.2) is 71.8 Å². The van der Waals surface area contributed by atoms with Gasteiger partial charge >= 0.3 is 6.03 Å². The Kier molecular flexibility index (Phi) is 8.89. The van der Waals surface area contributed by atoms with Gasteiger partial charge in [-0.2, -0.15) is 0 Å². The minimum Gasteiger partial charge on any atom is -0.483 e. The number of nitrogens with one attached hydrogen (secondary N) is 1. The Labute approximate surface area is 171 Å². The van der Waals surface area contributed by atoms with Gasteiger partial charge in [-0.15, -0.1) is 0 Å². The molecule has 158 valence electrons. The minimum atomic E-state index is -0.250. The highest BCUT2D eigenvalue weighted by atomic mass is 16.3. The summed E-state index contributed by atoms with van der Waals surface area (Å²) in [5, 5.41) is 21.5. The van der Waals surface area contributed by atoms with E-state index >= 15 is 0 Å². The van der Waals surface area contributed by atoms with Crippen molar-refractivity contribution in [3.63, 3.8) is 0 Å². The van der Waals surface area contributed by atoms with Crippen LogP contribution in [-0.2, 0) is 4.79 Å². The second-order valence-corrected chi connectivity index (χ2v) is 7.27. The summed E-state index contributed by atoms with van der Waals surface area (Å²) in [6.45, 7) is 4.18. The average Bonchev–Trinajstić information content (AvgIpc) is 2.74. The molecule has 0 bridgehead atoms. The molecule has 0 radical (unpaired) electrons. The zero-order valence-electron chi connectivity index (χ0n) is 17.1. The van der Waals surface area contributed by atoms with Gasteiger partial charge in [0.15, 0.2) is 0 Å². The number of benzene rings is 2. The number of carboxylic acid groups (broad SMARTS) is 1. The van der Waals surface area contributed by atoms with E-state index in [1.165, 1.54) is 10.8 Å². The fraction of sp³-hybridized carbons (Fsp3) is 0.455. The van der Waals surface area contributed by atoms with Crippen molar-refractivity contribution in [2.45, 2.75) is 31.8 Å². The van der Waals surface area contributed by atoms with Crippen molar-refractivity contribution in [2.75, 3.05) is 33.3 Å². The van der Waals surface area contributed by atoms with Crippen LogP contribution in [0.3, 0.4) is 0 Å². The quantitative estimate of drug-likeness (QED) is 0.670. The van der Waals surface area contributed by atoms with Gasteiger partial charge in [0.25, 0.3) is 6.47 Å². The molecule has 1 heterocycles. The molecule has 29 heavy (non-hydrogen) atoms. The lowest BCUT2D eigenvalue weighted by Gasteiger charge is -2.37. The fourth-order valence-electron chi connectivity index (χ4n) is 3.83. The highest BCUT2D eigenvalue weighted by molar-refractivity contribution is 5.86. The first-order valence-corrected chi connectivity index (χ1v) is 9.93. The van der Waals surface area contributed by atoms with Crippen molar-refractivity contribution in [3.05, 3.63) is 48.0 Å². The van der Waals surface area contributed by atoms with Crippen molar-refractivity contribution in [2.24, 2.45) is 0 Å². The van der Waals surface area contributed by atoms with E-state index < -0.39 is 0 Å². The van der Waals surface area contributed by atoms with E-state index in [0.29, 0.717) is 12.6 Å². The van der Waals surface area contributed by atoms with Gasteiger partial charge in [-0.05, 0) is 43.1 Å². The zero-order valence-corrected chi connectivity index (χ0v) is 17.1. The fourth-order valence-corrected chi connectivity index (χ4v) is 3.83. The third-order valence-corrected chi connectivity index (χ3v) is 5.46. The lowest BCUT2D eigenvalue weighted by Crippen LogP contribution is -2.49. The highest BCUT2D eigenvalue weighted by Gasteiger charge is 2.26. The molecule has 0 saturated carbocycles. The molecule has 7 nitrogen and oxygen atoms in total. The summed E-state index contributed by atoms with van der Waals surface area (Å²) < 4.78 is 0. The molecule has 1 fully saturated rings. The number of aliphatic hydroxyl groups is 1. The first kappa shape index (κ1) is 22.6. The lowest BCUT2D eigenvalue weighted by molar-refractivity contribution is -0.122. The number of amides is 2. The molecule has 3 rings (SSSR count). The van der Waals surface area contributed by atoms with E-state index in [4.69, 9.17) is 15.0 Å². The first-order valence-electron chi connectivity index (χ1n) is 9.93. The SMILES string of the molecule is C[C@H](NC(=O)N1CCC(N(C)CCO)CC1)c1cccc2ccccc12.O=CO. The maximum absolute atomic E-state index is 12.7. The van der Waals surface area contributed by atoms with Gasteiger partial charge in [-0.3, -0.25) is 4.79 Å². The first-order chi connectivity index (χ1) is 14.0. The van der Waals surface area contributed by atoms with Gasteiger partial charge < -0.3 is 25.3 Å². The number of rotatable bonds is 5. The van der Waals surface area contributed by atoms with E-state index in [9.17, 15) is 4.79 Å². The van der Waals surface area contributed by atoms with Gasteiger partial charge in [0.05, 0.1) is 12.6 Å². The van der Waals surface area contributed by atoms with Crippen molar-refractivity contribution < 1.29 is 19.8 Å². The van der Waals surface area contributed by atoms with Crippen molar-refractivity contribution in [1.82, 2.24) is 15.1 Å². The number of aliphatic hydroxyl groups excluding tert-OH is 1. The molecule has 1 aliphatic heterocycles. The molecule has 3 N–H and O–H groups in total. The number of likely N-dealkylation sites (N-methyl/N-ethyl adjacent to an activating group) is 1. The Morgan fingerprint density at radius 1 is 1.24 bits per heavy atom. The van der Waals surface area contributed by atoms with Gasteiger partial charge in [0.2, 0.25) is 0 Å². The second-order valence-electron chi connectivity index (χ2n) is 7.27. The van der Waals surface area contributed by atoms with E-state index in [1.54, 1.807) is 0 Å². The number of hydrogen-bond acceptors (Lipinski definition) is 4. The van der Waals surface area contributed by atoms with Crippen molar-refractivity contribution >= 4 is 23.3 Å². The molecule has 0 aromatic heterocycles. The molecular formula is C22H31N3O4. The summed E-state index contributed by atoms with van der Waals surface area (Å²) in [7, 11) is 2.04. The molecule has 0 spiro atoms. The van der Waals surface area contributed by atoms with Crippen LogP contribution in [0.2, 0.25) is 0 Å². The molecule has 2 amide bonds. The van der Waals surface area contributed by atoms with Gasteiger partial charge in [-0.25, -0.2) is 4.79 Å². The van der Waals surface area contributed by atoms with Crippen molar-refractivity contribution in [3.8, 4) is 0 Å². The Morgan fingerprint density at radius 3 is 2.52 bits per heavy atom. The largest absolute Gasteiger partial charge is 0.483 e. The van der Waals surface area contributed by atoms with Crippen LogP contribution < -0.4 is 5.32 Å². The number of hydrogen-bond donors (Lipinski definition) is 3. The van der Waals surface area contributed by atoms with E-state index in [2.05, 4.69) is 34.5 Å². The standard InChI is InChI=1S/C21H29N3O2.CH2O2/c1-16(19-9-5-7-17-6-3-4-8-20(17)19)22-21(26)24-12-10-18(11-13-24)23(2)14-15-25;2-1-3/h3-9,16,18,25H,10-15H2,1-2H3,(H,22,26);1H,(H,2,3)/t16-;/m0./s1. The van der Waals surface area contributed by atoms with Crippen LogP contribution >= 0.6 is 0 Å². The van der Waals surface area contributed by atoms with Crippen LogP contribution in [0.15, 0.2) is 42.5 Å². The zero-order chi connectivity index (χ0) is 21.2. The number of fused-ring (bicyclic) bond motifs is 1. The van der Waals surface area contributed by atoms with Gasteiger partial charge in [-0.1, -0.05) is 42.5 Å². The van der Waals surface area contributed by atoms with Crippen molar-refractivity contribution in [1.29, 1.82) is 0 Å². The number of piperidine rings is 1. The molecule has 0 aliphatic carbocycles. The number of carbonyl (C=O) groups excluding carboxylic acids is 1. The topological polar surface area (TPSA) is 93.1 Å². The molecule has 1 atom stereocenters. The normalized spacial score (nSPS) is 15.5. The Morgan fingerprint density at radius 2 is 1.86 bits per heavy atom. The van der Waals surface area contributed by atoms with E-state index in [0.717, 1.165) is 31.5 Å². The molecule has 2 aromatic carbocycles. The number of urea groups is 1. The number of nitrogens with zero attached hydrogens (tertiary/aromatic N) is 2. The maximum Gasteiger partial charge on any atom is 0.317 e. The average molecular weight is 402 g/mol. The predicted molar refractivity (Wildman–Crippen MR) is 114 cm³/mol. The predicted octanol–water partition coefficient (Wildman–Crippen LogP) is 2.70. The lowest BCUT2D eigenvalue weighted by atomic mass is 9.99. The smallest absolute Gasteiger partial charge is 0.317 e. The van der Waals surface area contributed by atoms with Crippen LogP contribution in [0.1, 0.15) is 31.4 Å². The van der Waals surface area contributed by atoms with Crippen LogP contribution in [0, 0.1) is 0 Å². The van der Waals surface area contributed by atoms with E-state index in [1.807, 2.05) is 37.1 Å². The van der Waals surface area contributed by atoms with Gasteiger partial charge in [0.1, 0.15) is 0 Å². The number of carbonyl (C=O) groups is 2. The molecule has 7 heteroatoms. The highest BCUT2D eigenvalue weighted by Crippen LogP contribution is 2.24.